The van der Waals surface area contributed by atoms with Crippen molar-refractivity contribution in [2.75, 3.05) is 31.7 Å². The molecule has 1 N–H and O–H groups in total. The molecular weight excluding hydrogens is 178 g/mol. The van der Waals surface area contributed by atoms with Gasteiger partial charge in [-0.1, -0.05) is 6.92 Å². The molecule has 1 aliphatic heterocycles. The van der Waals surface area contributed by atoms with Gasteiger partial charge in [-0.3, -0.25) is 0 Å². The topological polar surface area (TPSA) is 41.1 Å². The SMILES string of the molecule is COCC1(C)CCN(c2ncc[nH]2)C1. The van der Waals surface area contributed by atoms with Crippen molar-refractivity contribution in [1.82, 2.24) is 9.97 Å². The summed E-state index contributed by atoms with van der Waals surface area (Å²) in [7, 11) is 1.76. The molecule has 1 unspecified atom stereocenters. The minimum Gasteiger partial charge on any atom is -0.384 e. The minimum absolute atomic E-state index is 0.279. The van der Waals surface area contributed by atoms with Gasteiger partial charge < -0.3 is 14.6 Å². The summed E-state index contributed by atoms with van der Waals surface area (Å²) in [5.41, 5.74) is 0.279. The average Bonchev–Trinajstić information content (AvgIpc) is 2.73. The van der Waals surface area contributed by atoms with Crippen LogP contribution >= 0.6 is 0 Å². The number of aromatic nitrogens is 2. The third-order valence-corrected chi connectivity index (χ3v) is 2.83. The number of aromatic amines is 1. The van der Waals surface area contributed by atoms with Crippen LogP contribution in [0.1, 0.15) is 13.3 Å². The number of hydrogen-bond acceptors (Lipinski definition) is 3. The summed E-state index contributed by atoms with van der Waals surface area (Å²) in [6.07, 6.45) is 4.82. The van der Waals surface area contributed by atoms with E-state index in [1.807, 2.05) is 6.20 Å². The maximum absolute atomic E-state index is 5.24. The summed E-state index contributed by atoms with van der Waals surface area (Å²) in [4.78, 5) is 9.66. The van der Waals surface area contributed by atoms with Gasteiger partial charge in [-0.15, -0.1) is 0 Å². The van der Waals surface area contributed by atoms with Gasteiger partial charge in [0.25, 0.3) is 0 Å². The zero-order valence-electron chi connectivity index (χ0n) is 8.79. The number of anilines is 1. The highest BCUT2D eigenvalue weighted by atomic mass is 16.5. The number of imidazole rings is 1. The lowest BCUT2D eigenvalue weighted by atomic mass is 9.91. The van der Waals surface area contributed by atoms with E-state index in [0.29, 0.717) is 0 Å². The molecule has 1 atom stereocenters. The summed E-state index contributed by atoms with van der Waals surface area (Å²) in [5.74, 6) is 0.977. The molecule has 1 aliphatic rings. The van der Waals surface area contributed by atoms with Crippen molar-refractivity contribution in [3.63, 3.8) is 0 Å². The van der Waals surface area contributed by atoms with E-state index in [4.69, 9.17) is 4.74 Å². The second-order valence-electron chi connectivity index (χ2n) is 4.33. The number of hydrogen-bond donors (Lipinski definition) is 1. The number of H-pyrrole nitrogens is 1. The summed E-state index contributed by atoms with van der Waals surface area (Å²) in [6, 6.07) is 0. The molecule has 1 aromatic heterocycles. The second-order valence-corrected chi connectivity index (χ2v) is 4.33. The van der Waals surface area contributed by atoms with E-state index in [9.17, 15) is 0 Å². The first kappa shape index (κ1) is 9.52. The number of methoxy groups -OCH3 is 1. The second kappa shape index (κ2) is 3.61. The Bertz CT molecular complexity index is 286. The number of rotatable bonds is 3. The molecule has 2 heterocycles. The number of nitrogens with zero attached hydrogens (tertiary/aromatic N) is 2. The molecule has 14 heavy (non-hydrogen) atoms. The molecule has 1 saturated heterocycles. The first-order valence-corrected chi connectivity index (χ1v) is 4.97. The zero-order valence-corrected chi connectivity index (χ0v) is 8.79. The van der Waals surface area contributed by atoms with E-state index in [1.165, 1.54) is 6.42 Å². The summed E-state index contributed by atoms with van der Waals surface area (Å²) >= 11 is 0. The molecule has 0 amide bonds. The molecule has 1 fully saturated rings. The lowest BCUT2D eigenvalue weighted by Gasteiger charge is -2.23. The Balaban J connectivity index is 2.01. The molecule has 78 valence electrons. The van der Waals surface area contributed by atoms with Crippen molar-refractivity contribution >= 4 is 5.95 Å². The molecule has 2 rings (SSSR count). The third kappa shape index (κ3) is 1.75. The number of ether oxygens (including phenoxy) is 1. The van der Waals surface area contributed by atoms with Gasteiger partial charge in [0, 0.05) is 38.0 Å². The lowest BCUT2D eigenvalue weighted by Crippen LogP contribution is -2.28. The highest BCUT2D eigenvalue weighted by molar-refractivity contribution is 5.31. The van der Waals surface area contributed by atoms with Gasteiger partial charge in [0.15, 0.2) is 0 Å². The molecule has 0 saturated carbocycles. The Labute approximate surface area is 84.3 Å². The van der Waals surface area contributed by atoms with Gasteiger partial charge in [-0.2, -0.15) is 0 Å². The molecule has 0 bridgehead atoms. The molecule has 4 heteroatoms. The highest BCUT2D eigenvalue weighted by Crippen LogP contribution is 2.31. The van der Waals surface area contributed by atoms with Crippen LogP contribution in [0.2, 0.25) is 0 Å². The van der Waals surface area contributed by atoms with E-state index >= 15 is 0 Å². The van der Waals surface area contributed by atoms with Crippen LogP contribution in [0.15, 0.2) is 12.4 Å². The van der Waals surface area contributed by atoms with Crippen LogP contribution in [-0.2, 0) is 4.74 Å². The first-order chi connectivity index (χ1) is 6.73. The predicted octanol–water partition coefficient (Wildman–Crippen LogP) is 1.27. The Morgan fingerprint density at radius 2 is 2.57 bits per heavy atom. The molecule has 1 aromatic rings. The Hall–Kier alpha value is -1.03. The van der Waals surface area contributed by atoms with Gasteiger partial charge >= 0.3 is 0 Å². The minimum atomic E-state index is 0.279. The van der Waals surface area contributed by atoms with E-state index in [-0.39, 0.29) is 5.41 Å². The van der Waals surface area contributed by atoms with Gasteiger partial charge in [0.05, 0.1) is 6.61 Å². The van der Waals surface area contributed by atoms with Gasteiger partial charge in [-0.25, -0.2) is 4.98 Å². The lowest BCUT2D eigenvalue weighted by molar-refractivity contribution is 0.106. The smallest absolute Gasteiger partial charge is 0.202 e. The summed E-state index contributed by atoms with van der Waals surface area (Å²) in [6.45, 7) is 5.17. The molecule has 0 aliphatic carbocycles. The fraction of sp³-hybridized carbons (Fsp3) is 0.700. The molecule has 0 aromatic carbocycles. The maximum atomic E-state index is 5.24. The Morgan fingerprint density at radius 3 is 3.21 bits per heavy atom. The summed E-state index contributed by atoms with van der Waals surface area (Å²) < 4.78 is 5.24. The predicted molar refractivity (Wildman–Crippen MR) is 55.4 cm³/mol. The molecule has 4 nitrogen and oxygen atoms in total. The van der Waals surface area contributed by atoms with Gasteiger partial charge in [0.2, 0.25) is 5.95 Å². The van der Waals surface area contributed by atoms with Crippen molar-refractivity contribution in [3.05, 3.63) is 12.4 Å². The molecular formula is C10H17N3O. The standard InChI is InChI=1S/C10H17N3O/c1-10(8-14-2)3-6-13(7-10)9-11-4-5-12-9/h4-5H,3,6-8H2,1-2H3,(H,11,12). The summed E-state index contributed by atoms with van der Waals surface area (Å²) in [5, 5.41) is 0. The zero-order chi connectivity index (χ0) is 10.0. The Kier molecular flexibility index (Phi) is 2.46. The van der Waals surface area contributed by atoms with Crippen molar-refractivity contribution < 1.29 is 4.74 Å². The van der Waals surface area contributed by atoms with Crippen LogP contribution in [0.25, 0.3) is 0 Å². The van der Waals surface area contributed by atoms with Crippen LogP contribution < -0.4 is 4.90 Å². The quantitative estimate of drug-likeness (QED) is 0.789. The van der Waals surface area contributed by atoms with E-state index in [0.717, 1.165) is 25.6 Å². The van der Waals surface area contributed by atoms with Crippen molar-refractivity contribution in [2.45, 2.75) is 13.3 Å². The van der Waals surface area contributed by atoms with Crippen LogP contribution in [0, 0.1) is 5.41 Å². The maximum Gasteiger partial charge on any atom is 0.202 e. The van der Waals surface area contributed by atoms with E-state index in [1.54, 1.807) is 13.3 Å². The monoisotopic (exact) mass is 195 g/mol. The van der Waals surface area contributed by atoms with E-state index < -0.39 is 0 Å². The first-order valence-electron chi connectivity index (χ1n) is 4.97. The molecule has 0 radical (unpaired) electrons. The largest absolute Gasteiger partial charge is 0.384 e. The van der Waals surface area contributed by atoms with Gasteiger partial charge in [-0.05, 0) is 6.42 Å². The van der Waals surface area contributed by atoms with Crippen molar-refractivity contribution in [2.24, 2.45) is 5.41 Å². The van der Waals surface area contributed by atoms with Crippen molar-refractivity contribution in [1.29, 1.82) is 0 Å². The van der Waals surface area contributed by atoms with Crippen LogP contribution in [0.5, 0.6) is 0 Å². The Morgan fingerprint density at radius 1 is 1.71 bits per heavy atom. The van der Waals surface area contributed by atoms with E-state index in [2.05, 4.69) is 21.8 Å². The fourth-order valence-corrected chi connectivity index (χ4v) is 2.10. The van der Waals surface area contributed by atoms with Crippen LogP contribution in [-0.4, -0.2) is 36.8 Å². The fourth-order valence-electron chi connectivity index (χ4n) is 2.10. The van der Waals surface area contributed by atoms with Gasteiger partial charge in [0.1, 0.15) is 0 Å². The highest BCUT2D eigenvalue weighted by Gasteiger charge is 2.34. The number of nitrogens with one attached hydrogen (secondary N) is 1. The molecule has 0 spiro atoms. The average molecular weight is 195 g/mol. The third-order valence-electron chi connectivity index (χ3n) is 2.83. The van der Waals surface area contributed by atoms with Crippen LogP contribution in [0.4, 0.5) is 5.95 Å². The normalized spacial score (nSPS) is 27.1. The van der Waals surface area contributed by atoms with Crippen LogP contribution in [0.3, 0.4) is 0 Å². The van der Waals surface area contributed by atoms with Crippen molar-refractivity contribution in [3.8, 4) is 0 Å².